The minimum Gasteiger partial charge on any atom is -0.489 e. The lowest BCUT2D eigenvalue weighted by Crippen LogP contribution is -2.46. The molecule has 6 nitrogen and oxygen atoms in total. The van der Waals surface area contributed by atoms with Crippen LogP contribution in [0.3, 0.4) is 0 Å². The zero-order valence-electron chi connectivity index (χ0n) is 21.0. The van der Waals surface area contributed by atoms with Crippen molar-refractivity contribution < 1.29 is 28.5 Å². The number of nitriles is 1. The van der Waals surface area contributed by atoms with Gasteiger partial charge in [0, 0.05) is 17.6 Å². The Kier molecular flexibility index (Phi) is 8.98. The topological polar surface area (TPSA) is 103 Å². The van der Waals surface area contributed by atoms with Gasteiger partial charge in [-0.2, -0.15) is 5.26 Å². The van der Waals surface area contributed by atoms with Crippen molar-refractivity contribution in [2.45, 2.75) is 45.3 Å². The van der Waals surface area contributed by atoms with Crippen LogP contribution in [-0.2, 0) is 12.8 Å². The van der Waals surface area contributed by atoms with Gasteiger partial charge in [-0.1, -0.05) is 25.1 Å². The van der Waals surface area contributed by atoms with Crippen LogP contribution in [0.5, 0.6) is 5.75 Å². The minimum atomic E-state index is -1.02. The van der Waals surface area contributed by atoms with E-state index in [4.69, 9.17) is 9.84 Å². The maximum atomic E-state index is 14.4. The molecule has 8 heteroatoms. The number of carboxylic acids is 1. The van der Waals surface area contributed by atoms with Gasteiger partial charge in [-0.3, -0.25) is 0 Å². The van der Waals surface area contributed by atoms with E-state index in [1.165, 1.54) is 24.3 Å². The summed E-state index contributed by atoms with van der Waals surface area (Å²) in [5, 5.41) is 32.1. The number of ether oxygens (including phenoxy) is 1. The van der Waals surface area contributed by atoms with Gasteiger partial charge >= 0.3 is 5.97 Å². The van der Waals surface area contributed by atoms with Crippen molar-refractivity contribution in [1.82, 2.24) is 5.32 Å². The van der Waals surface area contributed by atoms with Gasteiger partial charge < -0.3 is 20.3 Å². The Labute approximate surface area is 215 Å². The Bertz CT molecular complexity index is 1280. The van der Waals surface area contributed by atoms with Crippen molar-refractivity contribution in [3.8, 4) is 22.9 Å². The summed E-state index contributed by atoms with van der Waals surface area (Å²) >= 11 is 0. The van der Waals surface area contributed by atoms with Crippen LogP contribution in [0.4, 0.5) is 8.78 Å². The number of β-amino-alcohol motifs (C(OH)–C–C–N with tert-alkyl or cyclic N) is 1. The first-order valence-corrected chi connectivity index (χ1v) is 11.9. The van der Waals surface area contributed by atoms with Crippen molar-refractivity contribution in [2.24, 2.45) is 0 Å². The number of hydrogen-bond acceptors (Lipinski definition) is 5. The summed E-state index contributed by atoms with van der Waals surface area (Å²) in [5.74, 6) is -1.92. The highest BCUT2D eigenvalue weighted by Gasteiger charge is 2.24. The first kappa shape index (κ1) is 27.8. The standard InChI is InChI=1S/C29H30F2N2O4/c1-4-18-11-25(30)24(26(31)12-18)14-29(2,3)33-16-23(34)17-37-27-13-21(9-10-22(27)15-32)19-5-7-20(8-6-19)28(35)36/h5-13,23,33-34H,4,14,16-17H2,1-3H3,(H,35,36)/t23-/m0/s1. The number of halogens is 2. The molecule has 0 aliphatic heterocycles. The fraction of sp³-hybridized carbons (Fsp3) is 0.310. The molecule has 0 unspecified atom stereocenters. The largest absolute Gasteiger partial charge is 0.489 e. The van der Waals surface area contributed by atoms with Crippen molar-refractivity contribution in [1.29, 1.82) is 5.26 Å². The van der Waals surface area contributed by atoms with Crippen LogP contribution in [-0.4, -0.2) is 41.0 Å². The molecule has 0 amide bonds. The third kappa shape index (κ3) is 7.35. The predicted octanol–water partition coefficient (Wildman–Crippen LogP) is 5.11. The molecule has 0 heterocycles. The lowest BCUT2D eigenvalue weighted by Gasteiger charge is -2.28. The Balaban J connectivity index is 1.62. The third-order valence-electron chi connectivity index (χ3n) is 6.04. The highest BCUT2D eigenvalue weighted by molar-refractivity contribution is 5.88. The summed E-state index contributed by atoms with van der Waals surface area (Å²) in [6, 6.07) is 16.0. The fourth-order valence-corrected chi connectivity index (χ4v) is 3.89. The second-order valence-corrected chi connectivity index (χ2v) is 9.50. The SMILES string of the molecule is CCc1cc(F)c(CC(C)(C)NC[C@H](O)COc2cc(-c3ccc(C(=O)O)cc3)ccc2C#N)c(F)c1. The molecule has 0 bridgehead atoms. The Morgan fingerprint density at radius 2 is 1.70 bits per heavy atom. The molecule has 0 radical (unpaired) electrons. The number of benzene rings is 3. The number of aryl methyl sites for hydroxylation is 1. The number of aliphatic hydroxyl groups is 1. The number of aliphatic hydroxyl groups excluding tert-OH is 1. The first-order chi connectivity index (χ1) is 17.5. The van der Waals surface area contributed by atoms with E-state index in [0.29, 0.717) is 12.0 Å². The molecule has 0 aromatic heterocycles. The van der Waals surface area contributed by atoms with E-state index >= 15 is 0 Å². The molecular weight excluding hydrogens is 478 g/mol. The Hall–Kier alpha value is -3.80. The molecule has 1 atom stereocenters. The molecule has 0 saturated carbocycles. The Morgan fingerprint density at radius 1 is 1.08 bits per heavy atom. The van der Waals surface area contributed by atoms with Gasteiger partial charge in [0.2, 0.25) is 0 Å². The van der Waals surface area contributed by atoms with Crippen LogP contribution in [0.2, 0.25) is 0 Å². The lowest BCUT2D eigenvalue weighted by molar-refractivity contribution is 0.0697. The predicted molar refractivity (Wildman–Crippen MR) is 137 cm³/mol. The number of hydrogen-bond donors (Lipinski definition) is 3. The number of aromatic carboxylic acids is 1. The summed E-state index contributed by atoms with van der Waals surface area (Å²) in [4.78, 5) is 11.1. The van der Waals surface area contributed by atoms with Gasteiger partial charge in [0.05, 0.1) is 11.1 Å². The van der Waals surface area contributed by atoms with Crippen LogP contribution in [0, 0.1) is 23.0 Å². The summed E-state index contributed by atoms with van der Waals surface area (Å²) in [5.41, 5.74) is 1.79. The molecule has 194 valence electrons. The fourth-order valence-electron chi connectivity index (χ4n) is 3.89. The van der Waals surface area contributed by atoms with E-state index < -0.39 is 29.2 Å². The Morgan fingerprint density at radius 3 is 2.27 bits per heavy atom. The molecular formula is C29H30F2N2O4. The van der Waals surface area contributed by atoms with Crippen LogP contribution in [0.15, 0.2) is 54.6 Å². The zero-order chi connectivity index (χ0) is 27.2. The molecule has 0 saturated heterocycles. The van der Waals surface area contributed by atoms with E-state index in [0.717, 1.165) is 11.1 Å². The monoisotopic (exact) mass is 508 g/mol. The second-order valence-electron chi connectivity index (χ2n) is 9.50. The summed E-state index contributed by atoms with van der Waals surface area (Å²) in [6.07, 6.45) is -0.333. The van der Waals surface area contributed by atoms with E-state index in [9.17, 15) is 23.9 Å². The smallest absolute Gasteiger partial charge is 0.335 e. The van der Waals surface area contributed by atoms with Gasteiger partial charge in [0.25, 0.3) is 0 Å². The molecule has 0 spiro atoms. The first-order valence-electron chi connectivity index (χ1n) is 11.9. The van der Waals surface area contributed by atoms with E-state index in [-0.39, 0.29) is 42.0 Å². The minimum absolute atomic E-state index is 0.00713. The summed E-state index contributed by atoms with van der Waals surface area (Å²) in [6.45, 7) is 5.39. The summed E-state index contributed by atoms with van der Waals surface area (Å²) in [7, 11) is 0. The maximum Gasteiger partial charge on any atom is 0.335 e. The average Bonchev–Trinajstić information content (AvgIpc) is 2.88. The molecule has 0 aliphatic carbocycles. The molecule has 3 aromatic rings. The van der Waals surface area contributed by atoms with Gasteiger partial charge in [-0.25, -0.2) is 13.6 Å². The number of rotatable bonds is 11. The molecule has 3 aromatic carbocycles. The van der Waals surface area contributed by atoms with Crippen molar-refractivity contribution in [3.05, 3.63) is 88.5 Å². The van der Waals surface area contributed by atoms with Gasteiger partial charge in [0.1, 0.15) is 36.2 Å². The number of nitrogens with one attached hydrogen (secondary N) is 1. The average molecular weight is 509 g/mol. The highest BCUT2D eigenvalue weighted by atomic mass is 19.1. The normalized spacial score (nSPS) is 12.1. The second kappa shape index (κ2) is 12.0. The van der Waals surface area contributed by atoms with E-state index in [2.05, 4.69) is 11.4 Å². The molecule has 3 N–H and O–H groups in total. The molecule has 0 aliphatic rings. The lowest BCUT2D eigenvalue weighted by atomic mass is 9.93. The molecule has 0 fully saturated rings. The summed E-state index contributed by atoms with van der Waals surface area (Å²) < 4.78 is 34.6. The third-order valence-corrected chi connectivity index (χ3v) is 6.04. The van der Waals surface area contributed by atoms with Crippen LogP contribution >= 0.6 is 0 Å². The van der Waals surface area contributed by atoms with Gasteiger partial charge in [-0.15, -0.1) is 0 Å². The number of nitrogens with zero attached hydrogens (tertiary/aromatic N) is 1. The van der Waals surface area contributed by atoms with Crippen LogP contribution in [0.25, 0.3) is 11.1 Å². The van der Waals surface area contributed by atoms with Crippen molar-refractivity contribution in [2.75, 3.05) is 13.2 Å². The van der Waals surface area contributed by atoms with Crippen molar-refractivity contribution >= 4 is 5.97 Å². The number of carbonyl (C=O) groups is 1. The van der Waals surface area contributed by atoms with Crippen molar-refractivity contribution in [3.63, 3.8) is 0 Å². The van der Waals surface area contributed by atoms with E-state index in [1.54, 1.807) is 44.2 Å². The quantitative estimate of drug-likeness (QED) is 0.333. The van der Waals surface area contributed by atoms with Gasteiger partial charge in [0.15, 0.2) is 0 Å². The number of carboxylic acid groups (broad SMARTS) is 1. The molecule has 37 heavy (non-hydrogen) atoms. The zero-order valence-corrected chi connectivity index (χ0v) is 21.0. The van der Waals surface area contributed by atoms with Crippen LogP contribution in [0.1, 0.15) is 47.8 Å². The van der Waals surface area contributed by atoms with Gasteiger partial charge in [-0.05, 0) is 79.8 Å². The highest BCUT2D eigenvalue weighted by Crippen LogP contribution is 2.28. The maximum absolute atomic E-state index is 14.4. The van der Waals surface area contributed by atoms with E-state index in [1.807, 2.05) is 6.92 Å². The molecule has 3 rings (SSSR count). The van der Waals surface area contributed by atoms with Crippen LogP contribution < -0.4 is 10.1 Å².